The summed E-state index contributed by atoms with van der Waals surface area (Å²) in [6.45, 7) is 8.69. The molecule has 3 aromatic carbocycles. The summed E-state index contributed by atoms with van der Waals surface area (Å²) in [4.78, 5) is 18.5. The average Bonchev–Trinajstić information content (AvgIpc) is 3.13. The van der Waals surface area contributed by atoms with Gasteiger partial charge in [-0.15, -0.1) is 0 Å². The molecule has 2 bridgehead atoms. The van der Waals surface area contributed by atoms with Crippen molar-refractivity contribution < 1.29 is 22.7 Å². The quantitative estimate of drug-likeness (QED) is 0.275. The number of fused-ring (bicyclic) bond motifs is 4. The summed E-state index contributed by atoms with van der Waals surface area (Å²) in [5.41, 5.74) is 4.19. The Balaban J connectivity index is 1.26. The van der Waals surface area contributed by atoms with Gasteiger partial charge in [-0.1, -0.05) is 67.1 Å². The molecule has 5 atom stereocenters. The third kappa shape index (κ3) is 8.02. The molecular formula is C41H50ClN3O5S. The summed E-state index contributed by atoms with van der Waals surface area (Å²) in [5.74, 6) is 0.489. The molecule has 1 saturated carbocycles. The second-order valence-corrected chi connectivity index (χ2v) is 17.5. The number of allylic oxidation sites excluding steroid dienone is 1. The van der Waals surface area contributed by atoms with Crippen LogP contribution in [0.4, 0.5) is 5.69 Å². The number of nitrogens with one attached hydrogen (secondary N) is 1. The minimum absolute atomic E-state index is 0.216. The van der Waals surface area contributed by atoms with Gasteiger partial charge in [0.25, 0.3) is 5.91 Å². The standard InChI is InChI=1S/C41H50ClN3O5S/c1-29-9-8-19-41(28-44(21-22-50-41)25-31-10-4-3-5-11-31)37-17-14-34(37)26-45-20-7-6-12-32-23-36(42)16-13-35(32)27-49-39-18-15-33(24-38(39)45)40(46)43-51(47,48)30(29)2/h3-5,8,10-11,13,15-16,18-19,23-24,29-30,34,37H,6-7,9,12,14,17,20-22,25-28H2,1-2H3,(H,43,46)/b19-8+/t29-,30+,34-,37+,41-/m0/s1. The lowest BCUT2D eigenvalue weighted by molar-refractivity contribution is -0.145. The van der Waals surface area contributed by atoms with Gasteiger partial charge in [-0.05, 0) is 110 Å². The Labute approximate surface area is 308 Å². The Bertz CT molecular complexity index is 1850. The molecule has 0 aromatic heterocycles. The molecule has 1 N–H and O–H groups in total. The number of carbonyl (C=O) groups is 1. The van der Waals surface area contributed by atoms with Crippen molar-refractivity contribution in [2.45, 2.75) is 76.4 Å². The van der Waals surface area contributed by atoms with E-state index in [4.69, 9.17) is 21.1 Å². The Kier molecular flexibility index (Phi) is 10.8. The number of halogens is 1. The predicted octanol–water partition coefficient (Wildman–Crippen LogP) is 7.40. The lowest BCUT2D eigenvalue weighted by Crippen LogP contribution is -2.59. The van der Waals surface area contributed by atoms with Crippen LogP contribution in [0.1, 0.15) is 73.0 Å². The minimum Gasteiger partial charge on any atom is -0.487 e. The number of benzene rings is 3. The second kappa shape index (κ2) is 15.3. The van der Waals surface area contributed by atoms with Gasteiger partial charge in [0, 0.05) is 43.3 Å². The van der Waals surface area contributed by atoms with Crippen LogP contribution in [-0.4, -0.2) is 62.9 Å². The minimum atomic E-state index is -3.95. The van der Waals surface area contributed by atoms with Crippen molar-refractivity contribution in [3.8, 4) is 5.75 Å². The van der Waals surface area contributed by atoms with Gasteiger partial charge in [-0.3, -0.25) is 9.69 Å². The van der Waals surface area contributed by atoms with Crippen molar-refractivity contribution in [1.29, 1.82) is 0 Å². The third-order valence-electron chi connectivity index (χ3n) is 11.7. The molecule has 2 fully saturated rings. The highest BCUT2D eigenvalue weighted by molar-refractivity contribution is 7.90. The predicted molar refractivity (Wildman–Crippen MR) is 203 cm³/mol. The molecule has 3 heterocycles. The summed E-state index contributed by atoms with van der Waals surface area (Å²) in [6.07, 6.45) is 9.92. The molecule has 1 spiro atoms. The molecule has 272 valence electrons. The molecule has 0 radical (unpaired) electrons. The van der Waals surface area contributed by atoms with Crippen LogP contribution in [0, 0.1) is 17.8 Å². The van der Waals surface area contributed by atoms with Gasteiger partial charge >= 0.3 is 0 Å². The smallest absolute Gasteiger partial charge is 0.264 e. The van der Waals surface area contributed by atoms with E-state index in [2.05, 4.69) is 57.0 Å². The maximum Gasteiger partial charge on any atom is 0.264 e. The summed E-state index contributed by atoms with van der Waals surface area (Å²) in [6, 6.07) is 21.9. The number of hydrogen-bond donors (Lipinski definition) is 1. The molecule has 4 aliphatic rings. The summed E-state index contributed by atoms with van der Waals surface area (Å²) in [7, 11) is -3.95. The SMILES string of the molecule is C[C@@H]1[C@@H](C)C/C=C/[C@]2(CN(Cc3ccccc3)CCO2)[C@@H]2CC[C@H]2CN2CCCCc3cc(Cl)ccc3COc3ccc(cc32)C(=O)NS1(=O)=O. The molecule has 51 heavy (non-hydrogen) atoms. The topological polar surface area (TPSA) is 88.2 Å². The van der Waals surface area contributed by atoms with Crippen molar-refractivity contribution in [1.82, 2.24) is 9.62 Å². The Morgan fingerprint density at radius 2 is 1.82 bits per heavy atom. The first kappa shape index (κ1) is 36.0. The lowest BCUT2D eigenvalue weighted by atomic mass is 9.63. The molecule has 10 heteroatoms. The number of ether oxygens (including phenoxy) is 2. The van der Waals surface area contributed by atoms with E-state index in [0.29, 0.717) is 36.9 Å². The van der Waals surface area contributed by atoms with Gasteiger partial charge in [0.15, 0.2) is 0 Å². The van der Waals surface area contributed by atoms with E-state index in [0.717, 1.165) is 81.1 Å². The highest BCUT2D eigenvalue weighted by atomic mass is 35.5. The Hall–Kier alpha value is -3.37. The van der Waals surface area contributed by atoms with Crippen molar-refractivity contribution in [3.63, 3.8) is 0 Å². The summed E-state index contributed by atoms with van der Waals surface area (Å²) < 4.78 is 42.9. The number of rotatable bonds is 2. The number of carbonyl (C=O) groups excluding carboxylic acids is 1. The highest BCUT2D eigenvalue weighted by Crippen LogP contribution is 2.48. The van der Waals surface area contributed by atoms with Gasteiger partial charge in [-0.2, -0.15) is 0 Å². The van der Waals surface area contributed by atoms with Gasteiger partial charge in [-0.25, -0.2) is 13.1 Å². The second-order valence-electron chi connectivity index (χ2n) is 15.0. The van der Waals surface area contributed by atoms with E-state index in [1.807, 2.05) is 37.3 Å². The first-order chi connectivity index (χ1) is 24.6. The first-order valence-electron chi connectivity index (χ1n) is 18.5. The zero-order chi connectivity index (χ0) is 35.6. The monoisotopic (exact) mass is 731 g/mol. The zero-order valence-electron chi connectivity index (χ0n) is 29.7. The van der Waals surface area contributed by atoms with Crippen LogP contribution in [0.2, 0.25) is 5.02 Å². The normalized spacial score (nSPS) is 29.3. The number of amides is 1. The molecule has 1 aliphatic carbocycles. The Morgan fingerprint density at radius 1 is 0.980 bits per heavy atom. The van der Waals surface area contributed by atoms with Crippen LogP contribution < -0.4 is 14.4 Å². The molecular weight excluding hydrogens is 682 g/mol. The van der Waals surface area contributed by atoms with E-state index < -0.39 is 26.8 Å². The van der Waals surface area contributed by atoms with Crippen molar-refractivity contribution in [2.75, 3.05) is 37.7 Å². The van der Waals surface area contributed by atoms with Crippen LogP contribution in [-0.2, 0) is 34.3 Å². The third-order valence-corrected chi connectivity index (χ3v) is 13.8. The summed E-state index contributed by atoms with van der Waals surface area (Å²) >= 11 is 6.40. The maximum atomic E-state index is 13.6. The van der Waals surface area contributed by atoms with Crippen LogP contribution in [0.25, 0.3) is 0 Å². The number of morpholine rings is 1. The van der Waals surface area contributed by atoms with Gasteiger partial charge in [0.1, 0.15) is 18.0 Å². The van der Waals surface area contributed by atoms with Gasteiger partial charge in [0.05, 0.1) is 17.5 Å². The lowest BCUT2D eigenvalue weighted by Gasteiger charge is -2.53. The van der Waals surface area contributed by atoms with Crippen LogP contribution in [0.15, 0.2) is 78.9 Å². The van der Waals surface area contributed by atoms with Crippen LogP contribution in [0.3, 0.4) is 0 Å². The van der Waals surface area contributed by atoms with Crippen molar-refractivity contribution >= 4 is 33.2 Å². The fraction of sp³-hybridized carbons (Fsp3) is 0.488. The molecule has 0 unspecified atom stereocenters. The number of nitrogens with zero attached hydrogens (tertiary/aromatic N) is 2. The van der Waals surface area contributed by atoms with Crippen molar-refractivity contribution in [3.05, 3.63) is 106 Å². The molecule has 1 amide bonds. The van der Waals surface area contributed by atoms with Crippen molar-refractivity contribution in [2.24, 2.45) is 17.8 Å². The zero-order valence-corrected chi connectivity index (χ0v) is 31.3. The molecule has 1 saturated heterocycles. The van der Waals surface area contributed by atoms with Gasteiger partial charge < -0.3 is 14.4 Å². The van der Waals surface area contributed by atoms with Crippen LogP contribution in [0.5, 0.6) is 5.75 Å². The number of hydrogen-bond acceptors (Lipinski definition) is 7. The fourth-order valence-electron chi connectivity index (χ4n) is 8.32. The Morgan fingerprint density at radius 3 is 2.63 bits per heavy atom. The van der Waals surface area contributed by atoms with E-state index in [9.17, 15) is 13.2 Å². The van der Waals surface area contributed by atoms with Crippen LogP contribution >= 0.6 is 11.6 Å². The van der Waals surface area contributed by atoms with E-state index in [1.54, 1.807) is 13.0 Å². The summed E-state index contributed by atoms with van der Waals surface area (Å²) in [5, 5.41) is -0.0581. The van der Waals surface area contributed by atoms with E-state index in [1.165, 1.54) is 11.1 Å². The molecule has 3 aliphatic heterocycles. The number of sulfonamides is 1. The fourth-order valence-corrected chi connectivity index (χ4v) is 9.80. The average molecular weight is 732 g/mol. The number of anilines is 1. The van der Waals surface area contributed by atoms with Gasteiger partial charge in [0.2, 0.25) is 10.0 Å². The van der Waals surface area contributed by atoms with E-state index >= 15 is 0 Å². The maximum absolute atomic E-state index is 13.6. The largest absolute Gasteiger partial charge is 0.487 e. The number of aryl methyl sites for hydroxylation is 1. The first-order valence-corrected chi connectivity index (χ1v) is 20.5. The molecule has 8 nitrogen and oxygen atoms in total. The highest BCUT2D eigenvalue weighted by Gasteiger charge is 2.50. The van der Waals surface area contributed by atoms with E-state index in [-0.39, 0.29) is 11.8 Å². The molecule has 7 rings (SSSR count). The molecule has 3 aromatic rings.